The number of carbonyl (C=O) groups excluding carboxylic acids is 3. The number of aromatic hydroxyl groups is 1. The van der Waals surface area contributed by atoms with Crippen LogP contribution < -0.4 is 21.7 Å². The second kappa shape index (κ2) is 11.5. The molecule has 0 aliphatic carbocycles. The number of amides is 3. The van der Waals surface area contributed by atoms with Gasteiger partial charge in [-0.3, -0.25) is 19.2 Å². The SMILES string of the molecule is CC(NC(=O)C(N)Cc1ccc(O)cc1)C(=O)NC(Cc1cnc[nH]1)C(=O)NCC(=O)O. The van der Waals surface area contributed by atoms with Crippen LogP contribution in [0.5, 0.6) is 5.75 Å². The lowest BCUT2D eigenvalue weighted by Crippen LogP contribution is -2.55. The average molecular weight is 446 g/mol. The van der Waals surface area contributed by atoms with Gasteiger partial charge in [-0.05, 0) is 31.0 Å². The molecule has 8 N–H and O–H groups in total. The third-order valence-electron chi connectivity index (χ3n) is 4.51. The number of carbonyl (C=O) groups is 4. The van der Waals surface area contributed by atoms with Crippen molar-refractivity contribution in [1.82, 2.24) is 25.9 Å². The molecule has 12 heteroatoms. The Bertz CT molecular complexity index is 931. The van der Waals surface area contributed by atoms with Gasteiger partial charge in [-0.15, -0.1) is 0 Å². The number of rotatable bonds is 11. The van der Waals surface area contributed by atoms with Crippen LogP contribution in [0.25, 0.3) is 0 Å². The summed E-state index contributed by atoms with van der Waals surface area (Å²) in [6.45, 7) is 0.829. The van der Waals surface area contributed by atoms with Gasteiger partial charge in [0.1, 0.15) is 24.4 Å². The maximum atomic E-state index is 12.6. The third-order valence-corrected chi connectivity index (χ3v) is 4.51. The highest BCUT2D eigenvalue weighted by molar-refractivity contribution is 5.93. The quantitative estimate of drug-likeness (QED) is 0.214. The first-order valence-electron chi connectivity index (χ1n) is 9.76. The molecule has 1 heterocycles. The number of nitrogens with two attached hydrogens (primary N) is 1. The Morgan fingerprint density at radius 1 is 1.06 bits per heavy atom. The minimum Gasteiger partial charge on any atom is -0.508 e. The number of hydrogen-bond acceptors (Lipinski definition) is 7. The molecule has 1 aromatic carbocycles. The fourth-order valence-electron chi connectivity index (χ4n) is 2.77. The smallest absolute Gasteiger partial charge is 0.322 e. The van der Waals surface area contributed by atoms with E-state index in [1.54, 1.807) is 12.1 Å². The number of H-pyrrole nitrogens is 1. The van der Waals surface area contributed by atoms with Crippen LogP contribution in [-0.4, -0.2) is 68.5 Å². The van der Waals surface area contributed by atoms with Gasteiger partial charge in [0.2, 0.25) is 17.7 Å². The molecular formula is C20H26N6O6. The molecule has 0 spiro atoms. The molecule has 0 aliphatic rings. The molecule has 0 saturated heterocycles. The molecule has 2 aromatic rings. The van der Waals surface area contributed by atoms with Gasteiger partial charge in [0, 0.05) is 18.3 Å². The first-order chi connectivity index (χ1) is 15.2. The zero-order valence-corrected chi connectivity index (χ0v) is 17.4. The Labute approximate surface area is 183 Å². The maximum absolute atomic E-state index is 12.6. The van der Waals surface area contributed by atoms with E-state index < -0.39 is 48.4 Å². The van der Waals surface area contributed by atoms with Crippen molar-refractivity contribution in [2.45, 2.75) is 37.9 Å². The molecule has 172 valence electrons. The highest BCUT2D eigenvalue weighted by Gasteiger charge is 2.26. The van der Waals surface area contributed by atoms with E-state index in [-0.39, 0.29) is 18.6 Å². The van der Waals surface area contributed by atoms with Crippen molar-refractivity contribution in [2.75, 3.05) is 6.54 Å². The van der Waals surface area contributed by atoms with Gasteiger partial charge in [0.05, 0.1) is 12.4 Å². The number of aromatic nitrogens is 2. The Morgan fingerprint density at radius 3 is 2.34 bits per heavy atom. The maximum Gasteiger partial charge on any atom is 0.322 e. The summed E-state index contributed by atoms with van der Waals surface area (Å²) >= 11 is 0. The van der Waals surface area contributed by atoms with Crippen LogP contribution in [0.2, 0.25) is 0 Å². The monoisotopic (exact) mass is 446 g/mol. The topological polar surface area (TPSA) is 200 Å². The number of carboxylic acids is 1. The van der Waals surface area contributed by atoms with Crippen molar-refractivity contribution in [3.63, 3.8) is 0 Å². The van der Waals surface area contributed by atoms with Gasteiger partial charge in [-0.25, -0.2) is 4.98 Å². The van der Waals surface area contributed by atoms with Crippen molar-refractivity contribution in [2.24, 2.45) is 5.73 Å². The standard InChI is InChI=1S/C20H26N6O6/c1-11(25-19(31)15(21)6-12-2-4-14(27)5-3-12)18(30)26-16(7-13-8-22-10-24-13)20(32)23-9-17(28)29/h2-5,8,10-11,15-16,27H,6-7,9,21H2,1H3,(H,22,24)(H,23,32)(H,25,31)(H,26,30)(H,28,29). The van der Waals surface area contributed by atoms with Crippen molar-refractivity contribution in [1.29, 1.82) is 0 Å². The number of phenols is 1. The number of aliphatic carboxylic acids is 1. The van der Waals surface area contributed by atoms with Gasteiger partial charge in [0.15, 0.2) is 0 Å². The average Bonchev–Trinajstić information content (AvgIpc) is 3.26. The van der Waals surface area contributed by atoms with E-state index in [0.717, 1.165) is 5.56 Å². The van der Waals surface area contributed by atoms with E-state index in [1.807, 2.05) is 0 Å². The first-order valence-corrected chi connectivity index (χ1v) is 9.76. The summed E-state index contributed by atoms with van der Waals surface area (Å²) in [5, 5.41) is 25.3. The summed E-state index contributed by atoms with van der Waals surface area (Å²) in [4.78, 5) is 54.6. The molecule has 1 aromatic heterocycles. The largest absolute Gasteiger partial charge is 0.508 e. The van der Waals surface area contributed by atoms with Crippen LogP contribution in [-0.2, 0) is 32.0 Å². The molecule has 3 atom stereocenters. The first kappa shape index (κ1) is 24.3. The normalized spacial score (nSPS) is 13.4. The highest BCUT2D eigenvalue weighted by Crippen LogP contribution is 2.11. The van der Waals surface area contributed by atoms with Crippen LogP contribution >= 0.6 is 0 Å². The van der Waals surface area contributed by atoms with Gasteiger partial charge in [0.25, 0.3) is 0 Å². The van der Waals surface area contributed by atoms with Crippen LogP contribution in [0.3, 0.4) is 0 Å². The number of hydrogen-bond donors (Lipinski definition) is 7. The molecule has 12 nitrogen and oxygen atoms in total. The summed E-state index contributed by atoms with van der Waals surface area (Å²) < 4.78 is 0. The summed E-state index contributed by atoms with van der Waals surface area (Å²) in [6, 6.07) is 3.19. The lowest BCUT2D eigenvalue weighted by Gasteiger charge is -2.21. The number of nitrogens with zero attached hydrogens (tertiary/aromatic N) is 1. The lowest BCUT2D eigenvalue weighted by molar-refractivity contribution is -0.138. The Hall–Kier alpha value is -3.93. The second-order valence-electron chi connectivity index (χ2n) is 7.16. The zero-order valence-electron chi connectivity index (χ0n) is 17.4. The lowest BCUT2D eigenvalue weighted by atomic mass is 10.1. The molecule has 0 bridgehead atoms. The minimum absolute atomic E-state index is 0.0399. The van der Waals surface area contributed by atoms with Crippen LogP contribution in [0, 0.1) is 0 Å². The summed E-state index contributed by atoms with van der Waals surface area (Å²) in [6.07, 6.45) is 3.11. The number of nitrogens with one attached hydrogen (secondary N) is 4. The molecule has 2 rings (SSSR count). The molecule has 32 heavy (non-hydrogen) atoms. The molecule has 0 radical (unpaired) electrons. The van der Waals surface area contributed by atoms with E-state index >= 15 is 0 Å². The second-order valence-corrected chi connectivity index (χ2v) is 7.16. The highest BCUT2D eigenvalue weighted by atomic mass is 16.4. The van der Waals surface area contributed by atoms with Gasteiger partial charge in [-0.1, -0.05) is 12.1 Å². The number of imidazole rings is 1. The molecule has 0 saturated carbocycles. The van der Waals surface area contributed by atoms with Crippen LogP contribution in [0.15, 0.2) is 36.8 Å². The molecular weight excluding hydrogens is 420 g/mol. The predicted molar refractivity (Wildman–Crippen MR) is 112 cm³/mol. The van der Waals surface area contributed by atoms with E-state index in [2.05, 4.69) is 25.9 Å². The number of carboxylic acid groups (broad SMARTS) is 1. The molecule has 3 unspecified atom stereocenters. The van der Waals surface area contributed by atoms with Crippen LogP contribution in [0.4, 0.5) is 0 Å². The molecule has 0 aliphatic heterocycles. The Kier molecular flexibility index (Phi) is 8.72. The predicted octanol–water partition coefficient (Wildman–Crippen LogP) is -1.58. The van der Waals surface area contributed by atoms with E-state index in [0.29, 0.717) is 5.69 Å². The minimum atomic E-state index is -1.23. The summed E-state index contributed by atoms with van der Waals surface area (Å²) in [5.41, 5.74) is 7.19. The van der Waals surface area contributed by atoms with Crippen molar-refractivity contribution >= 4 is 23.7 Å². The number of benzene rings is 1. The fraction of sp³-hybridized carbons (Fsp3) is 0.350. The summed E-state index contributed by atoms with van der Waals surface area (Å²) in [7, 11) is 0. The number of aromatic amines is 1. The third kappa shape index (κ3) is 7.72. The summed E-state index contributed by atoms with van der Waals surface area (Å²) in [5.74, 6) is -3.05. The van der Waals surface area contributed by atoms with Gasteiger partial charge >= 0.3 is 5.97 Å². The van der Waals surface area contributed by atoms with Crippen molar-refractivity contribution < 1.29 is 29.4 Å². The van der Waals surface area contributed by atoms with E-state index in [1.165, 1.54) is 31.6 Å². The Balaban J connectivity index is 1.94. The van der Waals surface area contributed by atoms with Crippen molar-refractivity contribution in [3.05, 3.63) is 48.0 Å². The van der Waals surface area contributed by atoms with E-state index in [4.69, 9.17) is 10.8 Å². The molecule has 0 fully saturated rings. The van der Waals surface area contributed by atoms with Crippen LogP contribution in [0.1, 0.15) is 18.2 Å². The number of phenolic OH excluding ortho intramolecular Hbond substituents is 1. The fourth-order valence-corrected chi connectivity index (χ4v) is 2.77. The Morgan fingerprint density at radius 2 is 1.75 bits per heavy atom. The van der Waals surface area contributed by atoms with E-state index in [9.17, 15) is 24.3 Å². The van der Waals surface area contributed by atoms with Crippen molar-refractivity contribution in [3.8, 4) is 5.75 Å². The van der Waals surface area contributed by atoms with Gasteiger partial charge in [-0.2, -0.15) is 0 Å². The van der Waals surface area contributed by atoms with Gasteiger partial charge < -0.3 is 36.9 Å². The molecule has 3 amide bonds. The zero-order chi connectivity index (χ0) is 23.7.